The fourth-order valence-corrected chi connectivity index (χ4v) is 1.98. The van der Waals surface area contributed by atoms with Crippen molar-refractivity contribution in [2.24, 2.45) is 0 Å². The summed E-state index contributed by atoms with van der Waals surface area (Å²) in [6.45, 7) is 1.63. The number of amides is 2. The molecule has 0 atom stereocenters. The molecule has 1 heterocycles. The molecule has 2 rings (SSSR count). The van der Waals surface area contributed by atoms with E-state index in [0.29, 0.717) is 30.0 Å². The summed E-state index contributed by atoms with van der Waals surface area (Å²) in [5.74, 6) is 0.243. The SMILES string of the molecule is CN(C)CCNC(=O)c1cccc(C(=O)NCc2ccco2)c1. The van der Waals surface area contributed by atoms with Crippen LogP contribution in [-0.4, -0.2) is 43.9 Å². The highest BCUT2D eigenvalue weighted by atomic mass is 16.3. The molecule has 122 valence electrons. The molecule has 2 amide bonds. The van der Waals surface area contributed by atoms with Crippen LogP contribution in [0.2, 0.25) is 0 Å². The second-order valence-corrected chi connectivity index (χ2v) is 5.40. The Morgan fingerprint density at radius 2 is 1.74 bits per heavy atom. The molecule has 6 nitrogen and oxygen atoms in total. The van der Waals surface area contributed by atoms with Gasteiger partial charge < -0.3 is 20.0 Å². The molecule has 0 bridgehead atoms. The number of benzene rings is 1. The highest BCUT2D eigenvalue weighted by molar-refractivity contribution is 5.99. The molecule has 2 N–H and O–H groups in total. The molecule has 0 aliphatic rings. The summed E-state index contributed by atoms with van der Waals surface area (Å²) in [4.78, 5) is 26.2. The first-order valence-corrected chi connectivity index (χ1v) is 7.40. The maximum Gasteiger partial charge on any atom is 0.251 e. The Kier molecular flexibility index (Phi) is 5.94. The van der Waals surface area contributed by atoms with E-state index >= 15 is 0 Å². The van der Waals surface area contributed by atoms with E-state index in [4.69, 9.17) is 4.42 Å². The van der Waals surface area contributed by atoms with Gasteiger partial charge in [-0.3, -0.25) is 9.59 Å². The molecule has 0 unspecified atom stereocenters. The number of nitrogens with one attached hydrogen (secondary N) is 2. The van der Waals surface area contributed by atoms with Crippen LogP contribution in [0.1, 0.15) is 26.5 Å². The lowest BCUT2D eigenvalue weighted by Crippen LogP contribution is -2.31. The summed E-state index contributed by atoms with van der Waals surface area (Å²) in [6, 6.07) is 10.2. The Balaban J connectivity index is 1.92. The highest BCUT2D eigenvalue weighted by Crippen LogP contribution is 2.06. The fraction of sp³-hybridized carbons (Fsp3) is 0.294. The summed E-state index contributed by atoms with van der Waals surface area (Å²) >= 11 is 0. The van der Waals surface area contributed by atoms with Gasteiger partial charge in [0, 0.05) is 24.2 Å². The molecule has 0 fully saturated rings. The lowest BCUT2D eigenvalue weighted by atomic mass is 10.1. The third kappa shape index (κ3) is 5.27. The van der Waals surface area contributed by atoms with Crippen molar-refractivity contribution in [3.63, 3.8) is 0 Å². The minimum atomic E-state index is -0.246. The maximum absolute atomic E-state index is 12.1. The van der Waals surface area contributed by atoms with Crippen molar-refractivity contribution < 1.29 is 14.0 Å². The van der Waals surface area contributed by atoms with Gasteiger partial charge in [-0.15, -0.1) is 0 Å². The van der Waals surface area contributed by atoms with Gasteiger partial charge in [0.2, 0.25) is 0 Å². The van der Waals surface area contributed by atoms with E-state index in [1.807, 2.05) is 19.0 Å². The van der Waals surface area contributed by atoms with Crippen LogP contribution in [-0.2, 0) is 6.54 Å². The zero-order valence-corrected chi connectivity index (χ0v) is 13.3. The van der Waals surface area contributed by atoms with Crippen LogP contribution in [0, 0.1) is 0 Å². The van der Waals surface area contributed by atoms with Gasteiger partial charge in [0.25, 0.3) is 11.8 Å². The molecule has 23 heavy (non-hydrogen) atoms. The van der Waals surface area contributed by atoms with Gasteiger partial charge >= 0.3 is 0 Å². The Morgan fingerprint density at radius 3 is 2.35 bits per heavy atom. The smallest absolute Gasteiger partial charge is 0.251 e. The lowest BCUT2D eigenvalue weighted by molar-refractivity contribution is 0.0948. The number of carbonyl (C=O) groups excluding carboxylic acids is 2. The second kappa shape index (κ2) is 8.14. The summed E-state index contributed by atoms with van der Waals surface area (Å²) in [5.41, 5.74) is 0.909. The minimum Gasteiger partial charge on any atom is -0.467 e. The van der Waals surface area contributed by atoms with E-state index in [1.165, 1.54) is 0 Å². The van der Waals surface area contributed by atoms with E-state index in [-0.39, 0.29) is 11.8 Å². The largest absolute Gasteiger partial charge is 0.467 e. The van der Waals surface area contributed by atoms with Crippen molar-refractivity contribution in [2.45, 2.75) is 6.54 Å². The van der Waals surface area contributed by atoms with E-state index in [2.05, 4.69) is 10.6 Å². The van der Waals surface area contributed by atoms with Crippen molar-refractivity contribution in [2.75, 3.05) is 27.2 Å². The van der Waals surface area contributed by atoms with Crippen molar-refractivity contribution in [1.82, 2.24) is 15.5 Å². The molecule has 1 aromatic carbocycles. The summed E-state index contributed by atoms with van der Waals surface area (Å²) in [7, 11) is 3.88. The Morgan fingerprint density at radius 1 is 1.04 bits per heavy atom. The van der Waals surface area contributed by atoms with Crippen LogP contribution < -0.4 is 10.6 Å². The maximum atomic E-state index is 12.1. The molecule has 0 saturated carbocycles. The normalized spacial score (nSPS) is 10.6. The molecule has 0 spiro atoms. The third-order valence-electron chi connectivity index (χ3n) is 3.23. The van der Waals surface area contributed by atoms with Crippen LogP contribution in [0.5, 0.6) is 0 Å². The van der Waals surface area contributed by atoms with E-state index in [1.54, 1.807) is 42.7 Å². The van der Waals surface area contributed by atoms with Crippen LogP contribution in [0.15, 0.2) is 47.1 Å². The molecule has 2 aromatic rings. The predicted octanol–water partition coefficient (Wildman–Crippen LogP) is 1.50. The van der Waals surface area contributed by atoms with Gasteiger partial charge in [-0.1, -0.05) is 6.07 Å². The van der Waals surface area contributed by atoms with Crippen LogP contribution in [0.3, 0.4) is 0 Å². The average molecular weight is 315 g/mol. The zero-order chi connectivity index (χ0) is 16.7. The molecular formula is C17H21N3O3. The topological polar surface area (TPSA) is 74.6 Å². The second-order valence-electron chi connectivity index (χ2n) is 5.40. The lowest BCUT2D eigenvalue weighted by Gasteiger charge is -2.11. The number of carbonyl (C=O) groups is 2. The zero-order valence-electron chi connectivity index (χ0n) is 13.3. The van der Waals surface area contributed by atoms with Crippen LogP contribution in [0.4, 0.5) is 0 Å². The highest BCUT2D eigenvalue weighted by Gasteiger charge is 2.10. The van der Waals surface area contributed by atoms with Crippen LogP contribution in [0.25, 0.3) is 0 Å². The van der Waals surface area contributed by atoms with Gasteiger partial charge in [-0.2, -0.15) is 0 Å². The van der Waals surface area contributed by atoms with Crippen molar-refractivity contribution in [1.29, 1.82) is 0 Å². The average Bonchev–Trinajstić information content (AvgIpc) is 3.05. The first-order chi connectivity index (χ1) is 11.1. The molecule has 0 aliphatic carbocycles. The molecule has 0 radical (unpaired) electrons. The number of rotatable bonds is 7. The van der Waals surface area contributed by atoms with E-state index in [9.17, 15) is 9.59 Å². The first kappa shape index (κ1) is 16.8. The fourth-order valence-electron chi connectivity index (χ4n) is 1.98. The summed E-state index contributed by atoms with van der Waals surface area (Å²) in [6.07, 6.45) is 1.56. The van der Waals surface area contributed by atoms with E-state index in [0.717, 1.165) is 6.54 Å². The predicted molar refractivity (Wildman–Crippen MR) is 87.2 cm³/mol. The quantitative estimate of drug-likeness (QED) is 0.812. The van der Waals surface area contributed by atoms with Gasteiger partial charge in [-0.25, -0.2) is 0 Å². The number of nitrogens with zero attached hydrogens (tertiary/aromatic N) is 1. The Hall–Kier alpha value is -2.60. The summed E-state index contributed by atoms with van der Waals surface area (Å²) < 4.78 is 5.16. The molecule has 6 heteroatoms. The van der Waals surface area contributed by atoms with Gasteiger partial charge in [0.05, 0.1) is 12.8 Å². The monoisotopic (exact) mass is 315 g/mol. The molecule has 1 aromatic heterocycles. The minimum absolute atomic E-state index is 0.187. The van der Waals surface area contributed by atoms with Gasteiger partial charge in [-0.05, 0) is 44.4 Å². The first-order valence-electron chi connectivity index (χ1n) is 7.40. The Labute approximate surface area is 135 Å². The third-order valence-corrected chi connectivity index (χ3v) is 3.23. The standard InChI is InChI=1S/C17H21N3O3/c1-20(2)9-8-18-16(21)13-5-3-6-14(11-13)17(22)19-12-15-7-4-10-23-15/h3-7,10-11H,8-9,12H2,1-2H3,(H,18,21)(H,19,22). The Bertz CT molecular complexity index is 651. The van der Waals surface area contributed by atoms with Crippen molar-refractivity contribution in [3.05, 3.63) is 59.5 Å². The molecule has 0 saturated heterocycles. The van der Waals surface area contributed by atoms with E-state index < -0.39 is 0 Å². The number of furan rings is 1. The van der Waals surface area contributed by atoms with Gasteiger partial charge in [0.1, 0.15) is 5.76 Å². The van der Waals surface area contributed by atoms with Crippen molar-refractivity contribution in [3.8, 4) is 0 Å². The van der Waals surface area contributed by atoms with Crippen molar-refractivity contribution >= 4 is 11.8 Å². The number of likely N-dealkylation sites (N-methyl/N-ethyl adjacent to an activating group) is 1. The summed E-state index contributed by atoms with van der Waals surface area (Å²) in [5, 5.41) is 5.58. The number of hydrogen-bond donors (Lipinski definition) is 2. The molecule has 0 aliphatic heterocycles. The molecular weight excluding hydrogens is 294 g/mol. The number of hydrogen-bond acceptors (Lipinski definition) is 4. The van der Waals surface area contributed by atoms with Crippen LogP contribution >= 0.6 is 0 Å². The van der Waals surface area contributed by atoms with Gasteiger partial charge in [0.15, 0.2) is 0 Å².